The molecule has 0 saturated carbocycles. The van der Waals surface area contributed by atoms with E-state index in [9.17, 15) is 9.18 Å². The van der Waals surface area contributed by atoms with Crippen LogP contribution in [0.1, 0.15) is 64.9 Å². The van der Waals surface area contributed by atoms with Crippen molar-refractivity contribution < 1.29 is 18.3 Å². The summed E-state index contributed by atoms with van der Waals surface area (Å²) in [5, 5.41) is 3.70. The lowest BCUT2D eigenvalue weighted by molar-refractivity contribution is 0.0947. The molecule has 1 aliphatic rings. The van der Waals surface area contributed by atoms with Gasteiger partial charge in [-0.15, -0.1) is 11.3 Å². The molecule has 1 amide bonds. The molecule has 0 unspecified atom stereocenters. The standard InChI is InChI=1S/C32H33FN2O3S/c1-32(2,3)23-14-15-25-28(17-23)39-31(29(25)30(36)34-19-24-11-8-16-37-24)35-18-21-9-5-7-13-27(21)38-20-22-10-4-6-12-26(22)33/h4-13,16,18,23H,14-15,17,19-20H2,1-3H3,(H,34,36)/t23-/m0/s1. The number of ether oxygens (including phenoxy) is 1. The number of hydrogen-bond acceptors (Lipinski definition) is 5. The fourth-order valence-electron chi connectivity index (χ4n) is 4.92. The van der Waals surface area contributed by atoms with Gasteiger partial charge < -0.3 is 14.5 Å². The van der Waals surface area contributed by atoms with E-state index in [4.69, 9.17) is 14.1 Å². The van der Waals surface area contributed by atoms with Crippen LogP contribution in [0.3, 0.4) is 0 Å². The molecule has 5 nitrogen and oxygen atoms in total. The minimum atomic E-state index is -0.299. The average Bonchev–Trinajstić information content (AvgIpc) is 3.57. The van der Waals surface area contributed by atoms with Crippen molar-refractivity contribution in [2.45, 2.75) is 53.2 Å². The van der Waals surface area contributed by atoms with Crippen molar-refractivity contribution in [2.24, 2.45) is 16.3 Å². The summed E-state index contributed by atoms with van der Waals surface area (Å²) in [6.45, 7) is 7.27. The summed E-state index contributed by atoms with van der Waals surface area (Å²) in [5.74, 6) is 1.40. The molecule has 4 aromatic rings. The van der Waals surface area contributed by atoms with Gasteiger partial charge >= 0.3 is 0 Å². The van der Waals surface area contributed by atoms with Crippen molar-refractivity contribution in [3.05, 3.63) is 106 Å². The van der Waals surface area contributed by atoms with E-state index in [-0.39, 0.29) is 23.7 Å². The first-order chi connectivity index (χ1) is 18.8. The van der Waals surface area contributed by atoms with Crippen LogP contribution in [0, 0.1) is 17.2 Å². The van der Waals surface area contributed by atoms with Gasteiger partial charge in [0.15, 0.2) is 0 Å². The molecule has 0 bridgehead atoms. The third-order valence-electron chi connectivity index (χ3n) is 7.28. The Morgan fingerprint density at radius 2 is 1.95 bits per heavy atom. The summed E-state index contributed by atoms with van der Waals surface area (Å²) in [6, 6.07) is 17.7. The SMILES string of the molecule is CC(C)(C)[C@H]1CCc2c(sc(N=Cc3ccccc3OCc3ccccc3F)c2C(=O)NCc2ccco2)C1. The summed E-state index contributed by atoms with van der Waals surface area (Å²) < 4.78 is 25.5. The Morgan fingerprint density at radius 3 is 2.72 bits per heavy atom. The summed E-state index contributed by atoms with van der Waals surface area (Å²) in [7, 11) is 0. The number of para-hydroxylation sites is 1. The Morgan fingerprint density at radius 1 is 1.15 bits per heavy atom. The number of carbonyl (C=O) groups excluding carboxylic acids is 1. The first-order valence-corrected chi connectivity index (χ1v) is 14.1. The Kier molecular flexibility index (Phi) is 7.98. The van der Waals surface area contributed by atoms with Gasteiger partial charge in [0.1, 0.15) is 28.9 Å². The number of benzene rings is 2. The third kappa shape index (κ3) is 6.31. The highest BCUT2D eigenvalue weighted by molar-refractivity contribution is 7.16. The Hall–Kier alpha value is -3.71. The molecule has 7 heteroatoms. The van der Waals surface area contributed by atoms with Crippen LogP contribution in [0.4, 0.5) is 9.39 Å². The molecule has 202 valence electrons. The Labute approximate surface area is 232 Å². The van der Waals surface area contributed by atoms with Crippen molar-refractivity contribution in [1.82, 2.24) is 5.32 Å². The number of amides is 1. The van der Waals surface area contributed by atoms with Crippen LogP contribution in [0.15, 0.2) is 76.3 Å². The van der Waals surface area contributed by atoms with E-state index in [1.807, 2.05) is 36.4 Å². The number of carbonyl (C=O) groups is 1. The van der Waals surface area contributed by atoms with Crippen LogP contribution in [-0.4, -0.2) is 12.1 Å². The van der Waals surface area contributed by atoms with Gasteiger partial charge in [-0.3, -0.25) is 4.79 Å². The highest BCUT2D eigenvalue weighted by Crippen LogP contribution is 2.45. The van der Waals surface area contributed by atoms with Crippen molar-refractivity contribution in [3.8, 4) is 5.75 Å². The molecule has 5 rings (SSSR count). The predicted octanol–water partition coefficient (Wildman–Crippen LogP) is 7.89. The fraction of sp³-hybridized carbons (Fsp3) is 0.312. The summed E-state index contributed by atoms with van der Waals surface area (Å²) in [4.78, 5) is 19.5. The van der Waals surface area contributed by atoms with Gasteiger partial charge in [0, 0.05) is 22.2 Å². The molecule has 0 radical (unpaired) electrons. The summed E-state index contributed by atoms with van der Waals surface area (Å²) >= 11 is 1.60. The second-order valence-corrected chi connectivity index (χ2v) is 12.0. The maximum absolute atomic E-state index is 14.1. The number of furan rings is 1. The largest absolute Gasteiger partial charge is 0.488 e. The zero-order valence-corrected chi connectivity index (χ0v) is 23.3. The second kappa shape index (κ2) is 11.6. The predicted molar refractivity (Wildman–Crippen MR) is 154 cm³/mol. The van der Waals surface area contributed by atoms with Gasteiger partial charge in [0.25, 0.3) is 5.91 Å². The molecule has 1 atom stereocenters. The van der Waals surface area contributed by atoms with E-state index >= 15 is 0 Å². The molecule has 2 aromatic heterocycles. The van der Waals surface area contributed by atoms with E-state index < -0.39 is 0 Å². The van der Waals surface area contributed by atoms with Crippen LogP contribution in [0.5, 0.6) is 5.75 Å². The number of nitrogens with zero attached hydrogens (tertiary/aromatic N) is 1. The van der Waals surface area contributed by atoms with E-state index in [1.165, 1.54) is 10.9 Å². The van der Waals surface area contributed by atoms with Gasteiger partial charge in [-0.25, -0.2) is 9.38 Å². The molecule has 1 aliphatic carbocycles. The molecule has 0 fully saturated rings. The molecule has 1 N–H and O–H groups in total. The van der Waals surface area contributed by atoms with Gasteiger partial charge in [0.2, 0.25) is 0 Å². The first kappa shape index (κ1) is 26.9. The molecule has 0 aliphatic heterocycles. The summed E-state index contributed by atoms with van der Waals surface area (Å²) in [6.07, 6.45) is 6.18. The minimum absolute atomic E-state index is 0.111. The lowest BCUT2D eigenvalue weighted by Gasteiger charge is -2.33. The van der Waals surface area contributed by atoms with Gasteiger partial charge in [-0.2, -0.15) is 0 Å². The monoisotopic (exact) mass is 544 g/mol. The summed E-state index contributed by atoms with van der Waals surface area (Å²) in [5.41, 5.74) is 3.19. The highest BCUT2D eigenvalue weighted by Gasteiger charge is 2.33. The van der Waals surface area contributed by atoms with Crippen molar-refractivity contribution in [3.63, 3.8) is 0 Å². The maximum atomic E-state index is 14.1. The van der Waals surface area contributed by atoms with Crippen LogP contribution in [-0.2, 0) is 26.0 Å². The molecule has 0 saturated heterocycles. The van der Waals surface area contributed by atoms with Crippen LogP contribution in [0.2, 0.25) is 0 Å². The van der Waals surface area contributed by atoms with Crippen LogP contribution < -0.4 is 10.1 Å². The molecule has 0 spiro atoms. The molecule has 2 heterocycles. The normalized spacial score (nSPS) is 15.3. The fourth-order valence-corrected chi connectivity index (χ4v) is 6.19. The minimum Gasteiger partial charge on any atom is -0.488 e. The number of thiophene rings is 1. The zero-order chi connectivity index (χ0) is 27.4. The van der Waals surface area contributed by atoms with Gasteiger partial charge in [-0.05, 0) is 66.5 Å². The van der Waals surface area contributed by atoms with Crippen LogP contribution >= 0.6 is 11.3 Å². The number of rotatable bonds is 8. The molecule has 2 aromatic carbocycles. The molecular weight excluding hydrogens is 511 g/mol. The van der Waals surface area contributed by atoms with Gasteiger partial charge in [0.05, 0.1) is 18.4 Å². The smallest absolute Gasteiger partial charge is 0.255 e. The van der Waals surface area contributed by atoms with E-state index in [0.29, 0.717) is 40.1 Å². The number of aliphatic imine (C=N–C) groups is 1. The third-order valence-corrected chi connectivity index (χ3v) is 8.45. The highest BCUT2D eigenvalue weighted by atomic mass is 32.1. The quantitative estimate of drug-likeness (QED) is 0.229. The first-order valence-electron chi connectivity index (χ1n) is 13.2. The lowest BCUT2D eigenvalue weighted by atomic mass is 9.72. The van der Waals surface area contributed by atoms with Crippen molar-refractivity contribution in [1.29, 1.82) is 0 Å². The maximum Gasteiger partial charge on any atom is 0.255 e. The van der Waals surface area contributed by atoms with Crippen molar-refractivity contribution >= 4 is 28.5 Å². The average molecular weight is 545 g/mol. The Balaban J connectivity index is 1.42. The van der Waals surface area contributed by atoms with E-state index in [0.717, 1.165) is 30.4 Å². The number of fused-ring (bicyclic) bond motifs is 1. The van der Waals surface area contributed by atoms with Crippen molar-refractivity contribution in [2.75, 3.05) is 0 Å². The number of hydrogen-bond donors (Lipinski definition) is 1. The number of nitrogens with one attached hydrogen (secondary N) is 1. The Bertz CT molecular complexity index is 1470. The molecular formula is C32H33FN2O3S. The molecule has 39 heavy (non-hydrogen) atoms. The van der Waals surface area contributed by atoms with E-state index in [1.54, 1.807) is 42.0 Å². The second-order valence-electron chi connectivity index (χ2n) is 10.9. The van der Waals surface area contributed by atoms with Crippen LogP contribution in [0.25, 0.3) is 0 Å². The van der Waals surface area contributed by atoms with E-state index in [2.05, 4.69) is 26.1 Å². The topological polar surface area (TPSA) is 63.8 Å². The lowest BCUT2D eigenvalue weighted by Crippen LogP contribution is -2.28. The number of halogens is 1. The zero-order valence-electron chi connectivity index (χ0n) is 22.5. The van der Waals surface area contributed by atoms with Gasteiger partial charge in [-0.1, -0.05) is 51.1 Å².